The van der Waals surface area contributed by atoms with E-state index in [1.165, 1.54) is 5.56 Å². The van der Waals surface area contributed by atoms with Gasteiger partial charge in [-0.05, 0) is 41.7 Å². The molecule has 0 fully saturated rings. The summed E-state index contributed by atoms with van der Waals surface area (Å²) in [5.41, 5.74) is 1.96. The first-order valence-corrected chi connectivity index (χ1v) is 7.29. The van der Waals surface area contributed by atoms with Crippen molar-refractivity contribution >= 4 is 17.4 Å². The molecule has 0 radical (unpaired) electrons. The van der Waals surface area contributed by atoms with E-state index in [2.05, 4.69) is 26.0 Å². The van der Waals surface area contributed by atoms with Gasteiger partial charge in [0.25, 0.3) is 0 Å². The molecule has 2 aromatic carbocycles. The quantitative estimate of drug-likeness (QED) is 0.677. The molecule has 0 bridgehead atoms. The van der Waals surface area contributed by atoms with Gasteiger partial charge in [-0.1, -0.05) is 55.8 Å². The van der Waals surface area contributed by atoms with Crippen LogP contribution in [0.15, 0.2) is 54.6 Å². The minimum atomic E-state index is 0.171. The number of hydrogen-bond donors (Lipinski definition) is 0. The van der Waals surface area contributed by atoms with E-state index >= 15 is 0 Å². The van der Waals surface area contributed by atoms with Crippen LogP contribution in [0.1, 0.15) is 42.1 Å². The van der Waals surface area contributed by atoms with Gasteiger partial charge in [-0.2, -0.15) is 0 Å². The van der Waals surface area contributed by atoms with Crippen molar-refractivity contribution in [1.29, 1.82) is 0 Å². The topological polar surface area (TPSA) is 17.1 Å². The Balaban J connectivity index is 2.17. The molecule has 0 aromatic heterocycles. The van der Waals surface area contributed by atoms with Gasteiger partial charge in [-0.25, -0.2) is 0 Å². The van der Waals surface area contributed by atoms with Crippen molar-refractivity contribution in [2.75, 3.05) is 0 Å². The summed E-state index contributed by atoms with van der Waals surface area (Å²) in [7, 11) is 0. The molecule has 0 aliphatic heterocycles. The normalized spacial score (nSPS) is 12.4. The summed E-state index contributed by atoms with van der Waals surface area (Å²) in [6.07, 6.45) is 0.531. The molecule has 2 rings (SSSR count). The summed E-state index contributed by atoms with van der Waals surface area (Å²) >= 11 is 5.86. The van der Waals surface area contributed by atoms with Crippen LogP contribution in [0.2, 0.25) is 5.02 Å². The van der Waals surface area contributed by atoms with Crippen molar-refractivity contribution in [2.24, 2.45) is 5.92 Å². The van der Waals surface area contributed by atoms with Crippen molar-refractivity contribution in [2.45, 2.75) is 26.2 Å². The minimum Gasteiger partial charge on any atom is -0.294 e. The molecule has 2 aromatic rings. The molecule has 104 valence electrons. The highest BCUT2D eigenvalue weighted by Gasteiger charge is 2.20. The fourth-order valence-electron chi connectivity index (χ4n) is 2.39. The lowest BCUT2D eigenvalue weighted by atomic mass is 9.83. The Hall–Kier alpha value is -1.60. The second kappa shape index (κ2) is 6.71. The summed E-state index contributed by atoms with van der Waals surface area (Å²) in [5, 5.41) is 0.657. The average Bonchev–Trinajstić information content (AvgIpc) is 2.46. The van der Waals surface area contributed by atoms with Gasteiger partial charge in [0.15, 0.2) is 5.78 Å². The Morgan fingerprint density at radius 3 is 2.15 bits per heavy atom. The molecule has 0 N–H and O–H groups in total. The Bertz CT molecular complexity index is 558. The van der Waals surface area contributed by atoms with Crippen molar-refractivity contribution in [3.63, 3.8) is 0 Å². The number of carbonyl (C=O) groups excluding carboxylic acids is 1. The predicted molar refractivity (Wildman–Crippen MR) is 84.4 cm³/mol. The molecule has 0 aliphatic rings. The smallest absolute Gasteiger partial charge is 0.163 e. The lowest BCUT2D eigenvalue weighted by Gasteiger charge is -2.20. The Morgan fingerprint density at radius 1 is 1.00 bits per heavy atom. The zero-order valence-corrected chi connectivity index (χ0v) is 12.6. The highest BCUT2D eigenvalue weighted by Crippen LogP contribution is 2.29. The molecular weight excluding hydrogens is 268 g/mol. The zero-order valence-electron chi connectivity index (χ0n) is 11.8. The van der Waals surface area contributed by atoms with E-state index in [9.17, 15) is 4.79 Å². The van der Waals surface area contributed by atoms with E-state index in [-0.39, 0.29) is 11.7 Å². The van der Waals surface area contributed by atoms with Crippen molar-refractivity contribution < 1.29 is 4.79 Å². The monoisotopic (exact) mass is 286 g/mol. The molecule has 20 heavy (non-hydrogen) atoms. The number of Topliss-reactive ketones (excluding diaryl/α,β-unsaturated/α-hetero) is 1. The van der Waals surface area contributed by atoms with Crippen LogP contribution in [-0.2, 0) is 0 Å². The first-order chi connectivity index (χ1) is 9.58. The third-order valence-corrected chi connectivity index (χ3v) is 3.86. The third kappa shape index (κ3) is 3.71. The Kier molecular flexibility index (Phi) is 4.97. The van der Waals surface area contributed by atoms with E-state index in [1.54, 1.807) is 24.3 Å². The maximum absolute atomic E-state index is 12.4. The Morgan fingerprint density at radius 2 is 1.60 bits per heavy atom. The molecule has 0 heterocycles. The molecule has 0 aliphatic carbocycles. The highest BCUT2D eigenvalue weighted by atomic mass is 35.5. The van der Waals surface area contributed by atoms with Crippen molar-refractivity contribution in [1.82, 2.24) is 0 Å². The van der Waals surface area contributed by atoms with Crippen LogP contribution in [0.3, 0.4) is 0 Å². The van der Waals surface area contributed by atoms with E-state index in [4.69, 9.17) is 11.6 Å². The SMILES string of the molecule is CC(C)[C@H](CC(=O)c1ccc(Cl)cc1)c1ccccc1. The van der Waals surface area contributed by atoms with Crippen LogP contribution >= 0.6 is 11.6 Å². The van der Waals surface area contributed by atoms with Crippen LogP contribution < -0.4 is 0 Å². The molecule has 1 atom stereocenters. The molecule has 0 saturated heterocycles. The van der Waals surface area contributed by atoms with E-state index in [0.29, 0.717) is 17.4 Å². The predicted octanol–water partition coefficient (Wildman–Crippen LogP) is 5.35. The van der Waals surface area contributed by atoms with Gasteiger partial charge in [0.1, 0.15) is 0 Å². The fraction of sp³-hybridized carbons (Fsp3) is 0.278. The number of carbonyl (C=O) groups is 1. The second-order valence-electron chi connectivity index (χ2n) is 5.40. The zero-order chi connectivity index (χ0) is 14.5. The number of rotatable bonds is 5. The average molecular weight is 287 g/mol. The number of halogens is 1. The van der Waals surface area contributed by atoms with E-state index < -0.39 is 0 Å². The van der Waals surface area contributed by atoms with Crippen LogP contribution in [0.25, 0.3) is 0 Å². The standard InChI is InChI=1S/C18H19ClO/c1-13(2)17(14-6-4-3-5-7-14)12-18(20)15-8-10-16(19)11-9-15/h3-11,13,17H,12H2,1-2H3/t17-/m0/s1. The molecule has 2 heteroatoms. The van der Waals surface area contributed by atoms with Gasteiger partial charge in [0, 0.05) is 17.0 Å². The van der Waals surface area contributed by atoms with Crippen LogP contribution in [0.5, 0.6) is 0 Å². The van der Waals surface area contributed by atoms with Crippen molar-refractivity contribution in [3.8, 4) is 0 Å². The van der Waals surface area contributed by atoms with Gasteiger partial charge in [0.05, 0.1) is 0 Å². The minimum absolute atomic E-state index is 0.171. The molecule has 0 saturated carbocycles. The Labute approximate surface area is 125 Å². The summed E-state index contributed by atoms with van der Waals surface area (Å²) in [5.74, 6) is 0.845. The second-order valence-corrected chi connectivity index (χ2v) is 5.83. The van der Waals surface area contributed by atoms with Crippen LogP contribution in [0, 0.1) is 5.92 Å². The lowest BCUT2D eigenvalue weighted by molar-refractivity contribution is 0.0966. The lowest BCUT2D eigenvalue weighted by Crippen LogP contribution is -2.12. The van der Waals surface area contributed by atoms with E-state index in [1.807, 2.05) is 18.2 Å². The maximum atomic E-state index is 12.4. The van der Waals surface area contributed by atoms with Gasteiger partial charge < -0.3 is 0 Å². The maximum Gasteiger partial charge on any atom is 0.163 e. The highest BCUT2D eigenvalue weighted by molar-refractivity contribution is 6.30. The number of hydrogen-bond acceptors (Lipinski definition) is 1. The largest absolute Gasteiger partial charge is 0.294 e. The third-order valence-electron chi connectivity index (χ3n) is 3.60. The summed E-state index contributed by atoms with van der Waals surface area (Å²) in [6.45, 7) is 4.32. The van der Waals surface area contributed by atoms with E-state index in [0.717, 1.165) is 5.56 Å². The van der Waals surface area contributed by atoms with Gasteiger partial charge in [0.2, 0.25) is 0 Å². The summed E-state index contributed by atoms with van der Waals surface area (Å²) in [6, 6.07) is 17.4. The summed E-state index contributed by atoms with van der Waals surface area (Å²) in [4.78, 5) is 12.4. The molecule has 0 unspecified atom stereocenters. The first-order valence-electron chi connectivity index (χ1n) is 6.91. The van der Waals surface area contributed by atoms with Gasteiger partial charge in [-0.15, -0.1) is 0 Å². The van der Waals surface area contributed by atoms with Gasteiger partial charge >= 0.3 is 0 Å². The molecule has 1 nitrogen and oxygen atoms in total. The van der Waals surface area contributed by atoms with Crippen LogP contribution in [-0.4, -0.2) is 5.78 Å². The first kappa shape index (κ1) is 14.8. The van der Waals surface area contributed by atoms with Crippen LogP contribution in [0.4, 0.5) is 0 Å². The number of ketones is 1. The fourth-order valence-corrected chi connectivity index (χ4v) is 2.52. The number of benzene rings is 2. The molecule has 0 spiro atoms. The summed E-state index contributed by atoms with van der Waals surface area (Å²) < 4.78 is 0. The van der Waals surface area contributed by atoms with Gasteiger partial charge in [-0.3, -0.25) is 4.79 Å². The van der Waals surface area contributed by atoms with Crippen molar-refractivity contribution in [3.05, 3.63) is 70.7 Å². The molecule has 0 amide bonds. The molecular formula is C18H19ClO.